The van der Waals surface area contributed by atoms with E-state index < -0.39 is 0 Å². The standard InChI is InChI=1S/C28H28N4O2/c1-31-15-17-32(18-16-31)26-19-21(7-10-27(26)34-2)30-28(33)25-9-8-22(20-11-13-29-14-12-20)23-5-3-4-6-24(23)25/h3-14,19H,15-18H2,1-2H3,(H,30,33). The van der Waals surface area contributed by atoms with Crippen molar-refractivity contribution in [1.29, 1.82) is 0 Å². The topological polar surface area (TPSA) is 57.7 Å². The number of carbonyl (C=O) groups is 1. The first-order chi connectivity index (χ1) is 16.6. The number of hydrogen-bond acceptors (Lipinski definition) is 5. The molecule has 0 aliphatic carbocycles. The predicted molar refractivity (Wildman–Crippen MR) is 138 cm³/mol. The van der Waals surface area contributed by atoms with Gasteiger partial charge in [-0.1, -0.05) is 30.3 Å². The minimum Gasteiger partial charge on any atom is -0.495 e. The number of hydrogen-bond donors (Lipinski definition) is 1. The molecule has 3 aromatic carbocycles. The number of piperazine rings is 1. The number of nitrogens with one attached hydrogen (secondary N) is 1. The number of ether oxygens (including phenoxy) is 1. The van der Waals surface area contributed by atoms with Crippen LogP contribution in [0, 0.1) is 0 Å². The number of aromatic nitrogens is 1. The van der Waals surface area contributed by atoms with E-state index in [2.05, 4.69) is 33.2 Å². The molecule has 1 N–H and O–H groups in total. The van der Waals surface area contributed by atoms with Crippen LogP contribution in [0.4, 0.5) is 11.4 Å². The molecule has 1 saturated heterocycles. The Morgan fingerprint density at radius 2 is 1.65 bits per heavy atom. The lowest BCUT2D eigenvalue weighted by molar-refractivity contribution is 0.102. The summed E-state index contributed by atoms with van der Waals surface area (Å²) in [6, 6.07) is 21.7. The van der Waals surface area contributed by atoms with Crippen molar-refractivity contribution in [2.75, 3.05) is 50.6 Å². The number of fused-ring (bicyclic) bond motifs is 1. The summed E-state index contributed by atoms with van der Waals surface area (Å²) in [5.74, 6) is 0.682. The van der Waals surface area contributed by atoms with E-state index in [9.17, 15) is 4.79 Å². The summed E-state index contributed by atoms with van der Waals surface area (Å²) in [6.07, 6.45) is 3.57. The lowest BCUT2D eigenvalue weighted by Crippen LogP contribution is -2.44. The third kappa shape index (κ3) is 4.32. The largest absolute Gasteiger partial charge is 0.495 e. The van der Waals surface area contributed by atoms with Crippen LogP contribution < -0.4 is 15.0 Å². The molecule has 4 aromatic rings. The monoisotopic (exact) mass is 452 g/mol. The third-order valence-corrected chi connectivity index (χ3v) is 6.44. The molecule has 1 aliphatic heterocycles. The van der Waals surface area contributed by atoms with Crippen LogP contribution >= 0.6 is 0 Å². The normalized spacial score (nSPS) is 14.2. The molecule has 6 nitrogen and oxygen atoms in total. The highest BCUT2D eigenvalue weighted by atomic mass is 16.5. The van der Waals surface area contributed by atoms with Gasteiger partial charge in [-0.05, 0) is 65.3 Å². The molecule has 0 spiro atoms. The van der Waals surface area contributed by atoms with Crippen LogP contribution in [0.2, 0.25) is 0 Å². The van der Waals surface area contributed by atoms with E-state index in [4.69, 9.17) is 4.74 Å². The summed E-state index contributed by atoms with van der Waals surface area (Å²) in [5.41, 5.74) is 4.56. The van der Waals surface area contributed by atoms with Crippen LogP contribution in [0.15, 0.2) is 79.1 Å². The van der Waals surface area contributed by atoms with Crippen LogP contribution in [0.3, 0.4) is 0 Å². The fourth-order valence-corrected chi connectivity index (χ4v) is 4.54. The summed E-state index contributed by atoms with van der Waals surface area (Å²) in [4.78, 5) is 22.1. The molecule has 0 saturated carbocycles. The number of pyridine rings is 1. The molecule has 0 atom stereocenters. The smallest absolute Gasteiger partial charge is 0.256 e. The van der Waals surface area contributed by atoms with Crippen LogP contribution in [0.25, 0.3) is 21.9 Å². The molecule has 0 unspecified atom stereocenters. The summed E-state index contributed by atoms with van der Waals surface area (Å²) in [7, 11) is 3.82. The van der Waals surface area contributed by atoms with Gasteiger partial charge in [-0.2, -0.15) is 0 Å². The second-order valence-electron chi connectivity index (χ2n) is 8.57. The second-order valence-corrected chi connectivity index (χ2v) is 8.57. The van der Waals surface area contributed by atoms with Crippen LogP contribution in [-0.4, -0.2) is 56.1 Å². The molecule has 6 heteroatoms. The van der Waals surface area contributed by atoms with Gasteiger partial charge in [-0.3, -0.25) is 9.78 Å². The maximum absolute atomic E-state index is 13.4. The molecule has 2 heterocycles. The molecule has 1 aliphatic rings. The van der Waals surface area contributed by atoms with Crippen molar-refractivity contribution in [1.82, 2.24) is 9.88 Å². The first kappa shape index (κ1) is 21.9. The highest BCUT2D eigenvalue weighted by Gasteiger charge is 2.19. The van der Waals surface area contributed by atoms with Crippen LogP contribution in [0.5, 0.6) is 5.75 Å². The van der Waals surface area contributed by atoms with Gasteiger partial charge in [0.05, 0.1) is 12.8 Å². The summed E-state index contributed by atoms with van der Waals surface area (Å²) < 4.78 is 5.61. The number of nitrogens with zero attached hydrogens (tertiary/aromatic N) is 3. The van der Waals surface area contributed by atoms with Crippen molar-refractivity contribution in [3.63, 3.8) is 0 Å². The molecule has 34 heavy (non-hydrogen) atoms. The van der Waals surface area contributed by atoms with Gasteiger partial charge in [0.2, 0.25) is 0 Å². The van der Waals surface area contributed by atoms with Gasteiger partial charge in [-0.25, -0.2) is 0 Å². The minimum absolute atomic E-state index is 0.132. The van der Waals surface area contributed by atoms with Gasteiger partial charge in [0.25, 0.3) is 5.91 Å². The predicted octanol–water partition coefficient (Wildman–Crippen LogP) is 4.91. The highest BCUT2D eigenvalue weighted by molar-refractivity contribution is 6.15. The first-order valence-electron chi connectivity index (χ1n) is 11.5. The van der Waals surface area contributed by atoms with Gasteiger partial charge in [0, 0.05) is 49.8 Å². The highest BCUT2D eigenvalue weighted by Crippen LogP contribution is 2.34. The second kappa shape index (κ2) is 9.53. The number of carbonyl (C=O) groups excluding carboxylic acids is 1. The van der Waals surface area contributed by atoms with E-state index in [1.807, 2.05) is 60.7 Å². The van der Waals surface area contributed by atoms with Gasteiger partial charge >= 0.3 is 0 Å². The Labute approximate surface area is 199 Å². The van der Waals surface area contributed by atoms with E-state index in [1.54, 1.807) is 19.5 Å². The number of methoxy groups -OCH3 is 1. The molecule has 1 fully saturated rings. The lowest BCUT2D eigenvalue weighted by atomic mass is 9.95. The average molecular weight is 453 g/mol. The quantitative estimate of drug-likeness (QED) is 0.466. The van der Waals surface area contributed by atoms with Gasteiger partial charge < -0.3 is 19.9 Å². The van der Waals surface area contributed by atoms with Crippen molar-refractivity contribution in [2.45, 2.75) is 0 Å². The van der Waals surface area contributed by atoms with Crippen molar-refractivity contribution in [3.05, 3.63) is 84.7 Å². The Balaban J connectivity index is 1.46. The molecule has 0 bridgehead atoms. The van der Waals surface area contributed by atoms with Crippen LogP contribution in [0.1, 0.15) is 10.4 Å². The van der Waals surface area contributed by atoms with Crippen molar-refractivity contribution in [3.8, 4) is 16.9 Å². The van der Waals surface area contributed by atoms with E-state index >= 15 is 0 Å². The van der Waals surface area contributed by atoms with E-state index in [-0.39, 0.29) is 5.91 Å². The summed E-state index contributed by atoms with van der Waals surface area (Å²) >= 11 is 0. The maximum Gasteiger partial charge on any atom is 0.256 e. The fourth-order valence-electron chi connectivity index (χ4n) is 4.54. The first-order valence-corrected chi connectivity index (χ1v) is 11.5. The average Bonchev–Trinajstić information content (AvgIpc) is 2.89. The SMILES string of the molecule is COc1ccc(NC(=O)c2ccc(-c3ccncc3)c3ccccc23)cc1N1CCN(C)CC1. The number of amides is 1. The zero-order valence-electron chi connectivity index (χ0n) is 19.5. The number of rotatable bonds is 5. The van der Waals surface area contributed by atoms with Gasteiger partial charge in [0.15, 0.2) is 0 Å². The van der Waals surface area contributed by atoms with Crippen molar-refractivity contribution < 1.29 is 9.53 Å². The molecule has 172 valence electrons. The zero-order chi connectivity index (χ0) is 23.5. The maximum atomic E-state index is 13.4. The third-order valence-electron chi connectivity index (χ3n) is 6.44. The molecular formula is C28H28N4O2. The Kier molecular flexibility index (Phi) is 6.14. The van der Waals surface area contributed by atoms with E-state index in [0.717, 1.165) is 65.2 Å². The molecule has 1 aromatic heterocycles. The fraction of sp³-hybridized carbons (Fsp3) is 0.214. The Morgan fingerprint density at radius 1 is 0.912 bits per heavy atom. The number of anilines is 2. The van der Waals surface area contributed by atoms with Gasteiger partial charge in [-0.15, -0.1) is 0 Å². The summed E-state index contributed by atoms with van der Waals surface area (Å²) in [6.45, 7) is 3.84. The number of likely N-dealkylation sites (N-methyl/N-ethyl adjacent to an activating group) is 1. The van der Waals surface area contributed by atoms with Crippen LogP contribution in [-0.2, 0) is 0 Å². The summed E-state index contributed by atoms with van der Waals surface area (Å²) in [5, 5.41) is 5.06. The van der Waals surface area contributed by atoms with E-state index in [1.165, 1.54) is 0 Å². The van der Waals surface area contributed by atoms with E-state index in [0.29, 0.717) is 5.56 Å². The zero-order valence-corrected chi connectivity index (χ0v) is 19.5. The Hall–Kier alpha value is -3.90. The van der Waals surface area contributed by atoms with Crippen molar-refractivity contribution >= 4 is 28.1 Å². The Bertz CT molecular complexity index is 1310. The molecule has 0 radical (unpaired) electrons. The van der Waals surface area contributed by atoms with Crippen molar-refractivity contribution in [2.24, 2.45) is 0 Å². The minimum atomic E-state index is -0.132. The molecular weight excluding hydrogens is 424 g/mol. The lowest BCUT2D eigenvalue weighted by Gasteiger charge is -2.35. The van der Waals surface area contributed by atoms with Gasteiger partial charge in [0.1, 0.15) is 5.75 Å². The number of benzene rings is 3. The molecule has 1 amide bonds. The molecule has 5 rings (SSSR count). The Morgan fingerprint density at radius 3 is 2.38 bits per heavy atom.